The standard InChI is InChI=1S/C17H19FN2O4S/c1-16(2)12(13(22)23)20-14(24)17(3,15(20)25-16)19-11(21)8-9-5-4-6-10(18)7-9/h4-7,12,15H,8H2,1-3H3,(H,19,21)(H,22,23)/t12-,15+,17-/m0/s1. The summed E-state index contributed by atoms with van der Waals surface area (Å²) in [5, 5.41) is 11.7. The molecule has 2 aliphatic rings. The number of fused-ring (bicyclic) bond motifs is 1. The number of benzene rings is 1. The Labute approximate surface area is 148 Å². The minimum atomic E-state index is -1.16. The van der Waals surface area contributed by atoms with Crippen molar-refractivity contribution >= 4 is 29.5 Å². The van der Waals surface area contributed by atoms with Crippen molar-refractivity contribution in [3.63, 3.8) is 0 Å². The number of amides is 2. The van der Waals surface area contributed by atoms with Crippen molar-refractivity contribution in [1.29, 1.82) is 0 Å². The smallest absolute Gasteiger partial charge is 0.327 e. The Morgan fingerprint density at radius 3 is 2.64 bits per heavy atom. The number of carboxylic acids is 1. The zero-order valence-electron chi connectivity index (χ0n) is 14.1. The number of nitrogens with zero attached hydrogens (tertiary/aromatic N) is 1. The van der Waals surface area contributed by atoms with Crippen LogP contribution >= 0.6 is 11.8 Å². The Kier molecular flexibility index (Phi) is 4.06. The molecule has 6 nitrogen and oxygen atoms in total. The van der Waals surface area contributed by atoms with Crippen LogP contribution in [0.3, 0.4) is 0 Å². The van der Waals surface area contributed by atoms with E-state index in [9.17, 15) is 23.9 Å². The summed E-state index contributed by atoms with van der Waals surface area (Å²) in [6.45, 7) is 5.15. The maximum Gasteiger partial charge on any atom is 0.327 e. The number of nitrogens with one attached hydrogen (secondary N) is 1. The number of carboxylic acid groups (broad SMARTS) is 1. The molecule has 134 valence electrons. The molecule has 3 atom stereocenters. The van der Waals surface area contributed by atoms with E-state index in [-0.39, 0.29) is 6.42 Å². The third-order valence-electron chi connectivity index (χ3n) is 4.66. The molecule has 1 aromatic carbocycles. The quantitative estimate of drug-likeness (QED) is 0.787. The number of β-lactam (4-membered cyclic amide) rings is 1. The number of carbonyl (C=O) groups excluding carboxylic acids is 2. The third kappa shape index (κ3) is 2.78. The molecule has 3 rings (SSSR count). The molecule has 2 heterocycles. The van der Waals surface area contributed by atoms with Crippen LogP contribution < -0.4 is 5.32 Å². The van der Waals surface area contributed by atoms with Crippen LogP contribution in [0.4, 0.5) is 4.39 Å². The van der Waals surface area contributed by atoms with Gasteiger partial charge in [-0.15, -0.1) is 11.8 Å². The highest BCUT2D eigenvalue weighted by Gasteiger charge is 2.69. The third-order valence-corrected chi connectivity index (χ3v) is 6.42. The summed E-state index contributed by atoms with van der Waals surface area (Å²) in [6, 6.07) is 4.78. The zero-order chi connectivity index (χ0) is 18.6. The molecule has 0 saturated carbocycles. The molecule has 1 aromatic rings. The van der Waals surface area contributed by atoms with Gasteiger partial charge in [-0.3, -0.25) is 9.59 Å². The van der Waals surface area contributed by atoms with E-state index in [2.05, 4.69) is 5.32 Å². The van der Waals surface area contributed by atoms with Crippen LogP contribution in [0.25, 0.3) is 0 Å². The van der Waals surface area contributed by atoms with Gasteiger partial charge >= 0.3 is 5.97 Å². The molecule has 0 unspecified atom stereocenters. The topological polar surface area (TPSA) is 86.7 Å². The number of hydrogen-bond donors (Lipinski definition) is 2. The lowest BCUT2D eigenvalue weighted by atomic mass is 9.86. The SMILES string of the molecule is CC1(C)S[C@H]2N(C(=O)[C@]2(C)NC(=O)Cc2cccc(F)c2)[C@H]1C(=O)O. The summed E-state index contributed by atoms with van der Waals surface area (Å²) in [5.41, 5.74) is -0.649. The average molecular weight is 366 g/mol. The molecule has 0 spiro atoms. The largest absolute Gasteiger partial charge is 0.480 e. The minimum Gasteiger partial charge on any atom is -0.480 e. The van der Waals surface area contributed by atoms with Crippen molar-refractivity contribution < 1.29 is 23.9 Å². The van der Waals surface area contributed by atoms with E-state index in [0.29, 0.717) is 5.56 Å². The second-order valence-electron chi connectivity index (χ2n) is 7.08. The van der Waals surface area contributed by atoms with Gasteiger partial charge in [0, 0.05) is 4.75 Å². The highest BCUT2D eigenvalue weighted by Crippen LogP contribution is 2.54. The van der Waals surface area contributed by atoms with Crippen molar-refractivity contribution in [2.75, 3.05) is 0 Å². The number of aliphatic carboxylic acids is 1. The highest BCUT2D eigenvalue weighted by atomic mass is 32.2. The maximum absolute atomic E-state index is 13.2. The Bertz CT molecular complexity index is 769. The van der Waals surface area contributed by atoms with E-state index in [1.165, 1.54) is 34.9 Å². The average Bonchev–Trinajstić information content (AvgIpc) is 2.76. The molecule has 0 aromatic heterocycles. The van der Waals surface area contributed by atoms with Gasteiger partial charge in [-0.1, -0.05) is 12.1 Å². The molecule has 2 N–H and O–H groups in total. The maximum atomic E-state index is 13.2. The van der Waals surface area contributed by atoms with Crippen molar-refractivity contribution in [3.8, 4) is 0 Å². The van der Waals surface area contributed by atoms with Crippen molar-refractivity contribution in [1.82, 2.24) is 10.2 Å². The highest BCUT2D eigenvalue weighted by molar-refractivity contribution is 8.01. The predicted molar refractivity (Wildman–Crippen MR) is 90.4 cm³/mol. The van der Waals surface area contributed by atoms with Gasteiger partial charge in [-0.05, 0) is 38.5 Å². The lowest BCUT2D eigenvalue weighted by Crippen LogP contribution is -2.78. The molecule has 0 radical (unpaired) electrons. The second-order valence-corrected chi connectivity index (χ2v) is 8.82. The summed E-state index contributed by atoms with van der Waals surface area (Å²) >= 11 is 1.36. The van der Waals surface area contributed by atoms with Crippen LogP contribution in [0, 0.1) is 5.82 Å². The summed E-state index contributed by atoms with van der Waals surface area (Å²) in [4.78, 5) is 37.8. The lowest BCUT2D eigenvalue weighted by molar-refractivity contribution is -0.167. The molecular formula is C17H19FN2O4S. The van der Waals surface area contributed by atoms with Gasteiger partial charge in [0.1, 0.15) is 22.8 Å². The van der Waals surface area contributed by atoms with E-state index in [0.717, 1.165) is 0 Å². The van der Waals surface area contributed by atoms with Crippen LogP contribution in [0.2, 0.25) is 0 Å². The number of thioether (sulfide) groups is 1. The Morgan fingerprint density at radius 2 is 2.04 bits per heavy atom. The van der Waals surface area contributed by atoms with Gasteiger partial charge in [-0.2, -0.15) is 0 Å². The fraction of sp³-hybridized carbons (Fsp3) is 0.471. The number of hydrogen-bond acceptors (Lipinski definition) is 4. The first kappa shape index (κ1) is 17.7. The summed E-state index contributed by atoms with van der Waals surface area (Å²) < 4.78 is 12.6. The van der Waals surface area contributed by atoms with Crippen molar-refractivity contribution in [2.24, 2.45) is 0 Å². The number of halogens is 1. The molecule has 8 heteroatoms. The molecule has 0 bridgehead atoms. The first-order valence-corrected chi connectivity index (χ1v) is 8.73. The first-order valence-electron chi connectivity index (χ1n) is 7.85. The van der Waals surface area contributed by atoms with Crippen LogP contribution in [-0.2, 0) is 20.8 Å². The van der Waals surface area contributed by atoms with E-state index in [1.54, 1.807) is 26.8 Å². The molecule has 2 amide bonds. The molecule has 2 fully saturated rings. The molecule has 2 saturated heterocycles. The normalized spacial score (nSPS) is 29.8. The van der Waals surface area contributed by atoms with Crippen LogP contribution in [-0.4, -0.2) is 49.5 Å². The number of carbonyl (C=O) groups is 3. The molecule has 25 heavy (non-hydrogen) atoms. The Hall–Kier alpha value is -2.09. The Morgan fingerprint density at radius 1 is 1.36 bits per heavy atom. The van der Waals surface area contributed by atoms with E-state index >= 15 is 0 Å². The zero-order valence-corrected chi connectivity index (χ0v) is 14.9. The van der Waals surface area contributed by atoms with Gasteiger partial charge in [-0.25, -0.2) is 9.18 Å². The van der Waals surface area contributed by atoms with Crippen LogP contribution in [0.5, 0.6) is 0 Å². The van der Waals surface area contributed by atoms with Crippen LogP contribution in [0.1, 0.15) is 26.3 Å². The minimum absolute atomic E-state index is 0.0518. The van der Waals surface area contributed by atoms with Gasteiger partial charge in [0.2, 0.25) is 5.91 Å². The van der Waals surface area contributed by atoms with Gasteiger partial charge in [0.15, 0.2) is 0 Å². The lowest BCUT2D eigenvalue weighted by Gasteiger charge is -2.51. The number of rotatable bonds is 4. The summed E-state index contributed by atoms with van der Waals surface area (Å²) in [6.07, 6.45) is -0.0518. The van der Waals surface area contributed by atoms with Crippen molar-refractivity contribution in [3.05, 3.63) is 35.6 Å². The van der Waals surface area contributed by atoms with E-state index in [1.807, 2.05) is 0 Å². The summed E-state index contributed by atoms with van der Waals surface area (Å²) in [7, 11) is 0. The first-order chi connectivity index (χ1) is 11.6. The van der Waals surface area contributed by atoms with Gasteiger partial charge < -0.3 is 15.3 Å². The second kappa shape index (κ2) is 5.72. The fourth-order valence-electron chi connectivity index (χ4n) is 3.50. The Balaban J connectivity index is 1.74. The van der Waals surface area contributed by atoms with E-state index < -0.39 is 45.3 Å². The molecular weight excluding hydrogens is 347 g/mol. The van der Waals surface area contributed by atoms with Crippen LogP contribution in [0.15, 0.2) is 24.3 Å². The monoisotopic (exact) mass is 366 g/mol. The molecule has 2 aliphatic heterocycles. The van der Waals surface area contributed by atoms with Crippen molar-refractivity contribution in [2.45, 2.75) is 48.9 Å². The van der Waals surface area contributed by atoms with Gasteiger partial charge in [0.25, 0.3) is 5.91 Å². The summed E-state index contributed by atoms with van der Waals surface area (Å²) in [5.74, 6) is -2.30. The van der Waals surface area contributed by atoms with Gasteiger partial charge in [0.05, 0.1) is 6.42 Å². The molecule has 0 aliphatic carbocycles. The van der Waals surface area contributed by atoms with E-state index in [4.69, 9.17) is 0 Å². The predicted octanol–water partition coefficient (Wildman–Crippen LogP) is 1.39. The fourth-order valence-corrected chi connectivity index (χ4v) is 5.15.